The monoisotopic (exact) mass is 501 g/mol. The molecule has 1 saturated heterocycles. The lowest BCUT2D eigenvalue weighted by Crippen LogP contribution is -2.42. The molecular weight excluding hydrogens is 470 g/mol. The Kier molecular flexibility index (Phi) is 8.33. The SMILES string of the molecule is Cc1ccc(S(=O)(=O)N(CCN2CCOCC2)Cc2csc(COc3ccccc3C)n2)cc1. The average molecular weight is 502 g/mol. The van der Waals surface area contributed by atoms with Crippen LogP contribution in [0.1, 0.15) is 21.8 Å². The Hall–Kier alpha value is -2.30. The highest BCUT2D eigenvalue weighted by molar-refractivity contribution is 7.89. The summed E-state index contributed by atoms with van der Waals surface area (Å²) in [6.45, 7) is 8.57. The Bertz CT molecular complexity index is 1170. The molecule has 182 valence electrons. The van der Waals surface area contributed by atoms with Gasteiger partial charge in [-0.2, -0.15) is 4.31 Å². The summed E-state index contributed by atoms with van der Waals surface area (Å²) in [5, 5.41) is 2.74. The summed E-state index contributed by atoms with van der Waals surface area (Å²) < 4.78 is 39.9. The van der Waals surface area contributed by atoms with E-state index in [0.717, 1.165) is 40.7 Å². The van der Waals surface area contributed by atoms with Gasteiger partial charge in [0.05, 0.1) is 30.3 Å². The first-order chi connectivity index (χ1) is 16.4. The number of ether oxygens (including phenoxy) is 2. The van der Waals surface area contributed by atoms with E-state index >= 15 is 0 Å². The smallest absolute Gasteiger partial charge is 0.243 e. The van der Waals surface area contributed by atoms with E-state index in [0.29, 0.717) is 37.8 Å². The predicted molar refractivity (Wildman–Crippen MR) is 134 cm³/mol. The van der Waals surface area contributed by atoms with Crippen LogP contribution in [-0.2, 0) is 27.9 Å². The molecule has 2 aromatic carbocycles. The highest BCUT2D eigenvalue weighted by Crippen LogP contribution is 2.22. The summed E-state index contributed by atoms with van der Waals surface area (Å²) in [4.78, 5) is 7.21. The Morgan fingerprint density at radius 1 is 1.09 bits per heavy atom. The van der Waals surface area contributed by atoms with Crippen LogP contribution in [-0.4, -0.2) is 62.0 Å². The molecule has 0 bridgehead atoms. The lowest BCUT2D eigenvalue weighted by Gasteiger charge is -2.29. The largest absolute Gasteiger partial charge is 0.486 e. The second-order valence-corrected chi connectivity index (χ2v) is 11.3. The molecule has 0 N–H and O–H groups in total. The van der Waals surface area contributed by atoms with Gasteiger partial charge in [0.15, 0.2) is 0 Å². The zero-order chi connectivity index (χ0) is 24.0. The van der Waals surface area contributed by atoms with E-state index in [-0.39, 0.29) is 6.54 Å². The van der Waals surface area contributed by atoms with Crippen LogP contribution >= 0.6 is 11.3 Å². The fourth-order valence-corrected chi connectivity index (χ4v) is 5.85. The van der Waals surface area contributed by atoms with Crippen LogP contribution in [0, 0.1) is 13.8 Å². The molecule has 1 fully saturated rings. The minimum absolute atomic E-state index is 0.224. The Labute approximate surface area is 206 Å². The van der Waals surface area contributed by atoms with Crippen molar-refractivity contribution in [3.05, 3.63) is 75.7 Å². The molecule has 7 nitrogen and oxygen atoms in total. The predicted octanol–water partition coefficient (Wildman–Crippen LogP) is 3.86. The lowest BCUT2D eigenvalue weighted by molar-refractivity contribution is 0.0361. The summed E-state index contributed by atoms with van der Waals surface area (Å²) in [5.74, 6) is 0.827. The number of aromatic nitrogens is 1. The van der Waals surface area contributed by atoms with Gasteiger partial charge in [-0.3, -0.25) is 4.90 Å². The Morgan fingerprint density at radius 2 is 1.82 bits per heavy atom. The maximum atomic E-state index is 13.5. The fourth-order valence-electron chi connectivity index (χ4n) is 3.75. The highest BCUT2D eigenvalue weighted by atomic mass is 32.2. The third kappa shape index (κ3) is 6.43. The number of morpholine rings is 1. The molecule has 1 aliphatic heterocycles. The van der Waals surface area contributed by atoms with Crippen LogP contribution < -0.4 is 4.74 Å². The minimum Gasteiger partial charge on any atom is -0.486 e. The summed E-state index contributed by atoms with van der Waals surface area (Å²) in [6.07, 6.45) is 0. The highest BCUT2D eigenvalue weighted by Gasteiger charge is 2.26. The molecule has 34 heavy (non-hydrogen) atoms. The van der Waals surface area contributed by atoms with Gasteiger partial charge in [-0.05, 0) is 37.6 Å². The summed E-state index contributed by atoms with van der Waals surface area (Å²) in [6, 6.07) is 14.9. The molecule has 0 spiro atoms. The third-order valence-electron chi connectivity index (χ3n) is 5.81. The van der Waals surface area contributed by atoms with E-state index in [4.69, 9.17) is 9.47 Å². The number of sulfonamides is 1. The van der Waals surface area contributed by atoms with Gasteiger partial charge in [0, 0.05) is 31.6 Å². The van der Waals surface area contributed by atoms with Crippen molar-refractivity contribution >= 4 is 21.4 Å². The van der Waals surface area contributed by atoms with Gasteiger partial charge >= 0.3 is 0 Å². The van der Waals surface area contributed by atoms with Gasteiger partial charge in [-0.1, -0.05) is 35.9 Å². The molecule has 9 heteroatoms. The Morgan fingerprint density at radius 3 is 2.56 bits per heavy atom. The van der Waals surface area contributed by atoms with Gasteiger partial charge in [0.25, 0.3) is 0 Å². The van der Waals surface area contributed by atoms with E-state index in [9.17, 15) is 8.42 Å². The third-order valence-corrected chi connectivity index (χ3v) is 8.54. The van der Waals surface area contributed by atoms with E-state index in [1.54, 1.807) is 12.1 Å². The van der Waals surface area contributed by atoms with Crippen LogP contribution in [0.3, 0.4) is 0 Å². The van der Waals surface area contributed by atoms with Crippen LogP contribution in [0.4, 0.5) is 0 Å². The molecule has 1 aromatic heterocycles. The topological polar surface area (TPSA) is 72.0 Å². The number of thiazole rings is 1. The molecule has 2 heterocycles. The summed E-state index contributed by atoms with van der Waals surface area (Å²) in [7, 11) is -3.66. The van der Waals surface area contributed by atoms with Gasteiger partial charge in [-0.25, -0.2) is 13.4 Å². The van der Waals surface area contributed by atoms with Crippen molar-refractivity contribution in [2.75, 3.05) is 39.4 Å². The Balaban J connectivity index is 1.47. The lowest BCUT2D eigenvalue weighted by atomic mass is 10.2. The van der Waals surface area contributed by atoms with Crippen molar-refractivity contribution in [2.45, 2.75) is 31.9 Å². The van der Waals surface area contributed by atoms with Gasteiger partial charge in [0.1, 0.15) is 17.4 Å². The van der Waals surface area contributed by atoms with Crippen LogP contribution in [0.5, 0.6) is 5.75 Å². The van der Waals surface area contributed by atoms with Crippen molar-refractivity contribution < 1.29 is 17.9 Å². The van der Waals surface area contributed by atoms with E-state index < -0.39 is 10.0 Å². The van der Waals surface area contributed by atoms with E-state index in [1.165, 1.54) is 15.6 Å². The molecular formula is C25H31N3O4S2. The minimum atomic E-state index is -3.66. The number of para-hydroxylation sites is 1. The molecule has 0 atom stereocenters. The number of benzene rings is 2. The maximum absolute atomic E-state index is 13.5. The quantitative estimate of drug-likeness (QED) is 0.420. The first-order valence-corrected chi connectivity index (χ1v) is 13.7. The van der Waals surface area contributed by atoms with Gasteiger partial charge in [0.2, 0.25) is 10.0 Å². The van der Waals surface area contributed by atoms with Crippen molar-refractivity contribution in [3.63, 3.8) is 0 Å². The van der Waals surface area contributed by atoms with Gasteiger partial charge in [-0.15, -0.1) is 11.3 Å². The molecule has 4 rings (SSSR count). The zero-order valence-corrected chi connectivity index (χ0v) is 21.3. The van der Waals surface area contributed by atoms with Crippen molar-refractivity contribution in [1.29, 1.82) is 0 Å². The number of hydrogen-bond acceptors (Lipinski definition) is 7. The number of aryl methyl sites for hydroxylation is 2. The summed E-state index contributed by atoms with van der Waals surface area (Å²) >= 11 is 1.49. The number of hydrogen-bond donors (Lipinski definition) is 0. The van der Waals surface area contributed by atoms with Crippen molar-refractivity contribution in [3.8, 4) is 5.75 Å². The van der Waals surface area contributed by atoms with Crippen LogP contribution in [0.25, 0.3) is 0 Å². The second-order valence-electron chi connectivity index (χ2n) is 8.39. The molecule has 0 saturated carbocycles. The fraction of sp³-hybridized carbons (Fsp3) is 0.400. The van der Waals surface area contributed by atoms with E-state index in [2.05, 4.69) is 9.88 Å². The first kappa shape index (κ1) is 24.8. The first-order valence-electron chi connectivity index (χ1n) is 11.4. The maximum Gasteiger partial charge on any atom is 0.243 e. The van der Waals surface area contributed by atoms with Crippen LogP contribution in [0.15, 0.2) is 58.8 Å². The van der Waals surface area contributed by atoms with Crippen molar-refractivity contribution in [2.24, 2.45) is 0 Å². The zero-order valence-electron chi connectivity index (χ0n) is 19.6. The normalized spacial score (nSPS) is 15.0. The molecule has 0 unspecified atom stereocenters. The molecule has 0 aliphatic carbocycles. The number of nitrogens with zero attached hydrogens (tertiary/aromatic N) is 3. The van der Waals surface area contributed by atoms with E-state index in [1.807, 2.05) is 55.6 Å². The van der Waals surface area contributed by atoms with Crippen LogP contribution in [0.2, 0.25) is 0 Å². The molecule has 1 aliphatic rings. The van der Waals surface area contributed by atoms with Crippen molar-refractivity contribution in [1.82, 2.24) is 14.2 Å². The number of rotatable bonds is 10. The molecule has 0 radical (unpaired) electrons. The standard InChI is InChI=1S/C25H31N3O4S2/c1-20-7-9-23(10-8-20)34(29,30)28(12-11-27-13-15-31-16-14-27)17-22-19-33-25(26-22)18-32-24-6-4-3-5-21(24)2/h3-10,19H,11-18H2,1-2H3. The van der Waals surface area contributed by atoms with Gasteiger partial charge < -0.3 is 9.47 Å². The average Bonchev–Trinajstić information content (AvgIpc) is 3.29. The molecule has 0 amide bonds. The molecule has 3 aromatic rings. The summed E-state index contributed by atoms with van der Waals surface area (Å²) in [5.41, 5.74) is 2.82. The second kappa shape index (κ2) is 11.4.